The van der Waals surface area contributed by atoms with Crippen LogP contribution in [0.1, 0.15) is 31.2 Å². The fourth-order valence-electron chi connectivity index (χ4n) is 3.62. The van der Waals surface area contributed by atoms with Gasteiger partial charge in [-0.05, 0) is 50.6 Å². The number of nitrogens with zero attached hydrogens (tertiary/aromatic N) is 1. The molecule has 1 aliphatic carbocycles. The van der Waals surface area contributed by atoms with E-state index in [1.807, 2.05) is 0 Å². The SMILES string of the molecule is CN1CCC2=CCCC[C@H]2[C@@H]1Cc1ccccc1. The van der Waals surface area contributed by atoms with Crippen LogP contribution in [-0.2, 0) is 6.42 Å². The van der Waals surface area contributed by atoms with E-state index in [0.29, 0.717) is 6.04 Å². The fourth-order valence-corrected chi connectivity index (χ4v) is 3.62. The Morgan fingerprint density at radius 3 is 2.89 bits per heavy atom. The van der Waals surface area contributed by atoms with Crippen LogP contribution in [-0.4, -0.2) is 24.5 Å². The number of likely N-dealkylation sites (tertiary alicyclic amines) is 1. The first kappa shape index (κ1) is 12.0. The summed E-state index contributed by atoms with van der Waals surface area (Å²) in [5.41, 5.74) is 3.24. The molecule has 0 aromatic heterocycles. The Hall–Kier alpha value is -1.08. The van der Waals surface area contributed by atoms with Crippen molar-refractivity contribution in [2.75, 3.05) is 13.6 Å². The first-order chi connectivity index (χ1) is 8.84. The first-order valence-electron chi connectivity index (χ1n) is 7.27. The molecule has 1 heterocycles. The molecule has 1 aliphatic heterocycles. The van der Waals surface area contributed by atoms with Crippen molar-refractivity contribution in [3.63, 3.8) is 0 Å². The summed E-state index contributed by atoms with van der Waals surface area (Å²) in [7, 11) is 2.30. The molecule has 0 radical (unpaired) electrons. The van der Waals surface area contributed by atoms with Crippen molar-refractivity contribution in [2.45, 2.75) is 38.1 Å². The van der Waals surface area contributed by atoms with Crippen LogP contribution >= 0.6 is 0 Å². The maximum atomic E-state index is 2.58. The molecule has 18 heavy (non-hydrogen) atoms. The minimum atomic E-state index is 0.715. The van der Waals surface area contributed by atoms with Gasteiger partial charge in [-0.1, -0.05) is 42.0 Å². The van der Waals surface area contributed by atoms with Crippen LogP contribution in [0.3, 0.4) is 0 Å². The summed E-state index contributed by atoms with van der Waals surface area (Å²) in [6.45, 7) is 1.24. The second kappa shape index (κ2) is 5.27. The van der Waals surface area contributed by atoms with E-state index in [9.17, 15) is 0 Å². The minimum Gasteiger partial charge on any atom is -0.302 e. The predicted octanol–water partition coefficient (Wildman–Crippen LogP) is 3.66. The molecule has 1 heteroatoms. The van der Waals surface area contributed by atoms with Gasteiger partial charge in [0.05, 0.1) is 0 Å². The van der Waals surface area contributed by atoms with Crippen LogP contribution in [0.15, 0.2) is 42.0 Å². The zero-order valence-electron chi connectivity index (χ0n) is 11.3. The summed E-state index contributed by atoms with van der Waals surface area (Å²) in [6, 6.07) is 11.7. The summed E-state index contributed by atoms with van der Waals surface area (Å²) >= 11 is 0. The van der Waals surface area contributed by atoms with Crippen molar-refractivity contribution >= 4 is 0 Å². The molecule has 0 bridgehead atoms. The summed E-state index contributed by atoms with van der Waals surface area (Å²) in [4.78, 5) is 2.58. The lowest BCUT2D eigenvalue weighted by molar-refractivity contribution is 0.148. The molecular weight excluding hydrogens is 218 g/mol. The van der Waals surface area contributed by atoms with E-state index >= 15 is 0 Å². The van der Waals surface area contributed by atoms with Gasteiger partial charge in [-0.2, -0.15) is 0 Å². The molecule has 1 aromatic rings. The van der Waals surface area contributed by atoms with E-state index in [1.165, 1.54) is 44.2 Å². The van der Waals surface area contributed by atoms with Crippen LogP contribution in [0.5, 0.6) is 0 Å². The predicted molar refractivity (Wildman–Crippen MR) is 76.6 cm³/mol. The van der Waals surface area contributed by atoms with Crippen LogP contribution in [0.2, 0.25) is 0 Å². The standard InChI is InChI=1S/C17H23N/c1-18-12-11-15-9-5-6-10-16(15)17(18)13-14-7-3-2-4-8-14/h2-4,7-9,16-17H,5-6,10-13H2,1H3/t16-,17+/m1/s1. The Bertz CT molecular complexity index is 420. The Balaban J connectivity index is 1.80. The number of rotatable bonds is 2. The lowest BCUT2D eigenvalue weighted by Gasteiger charge is -2.43. The minimum absolute atomic E-state index is 0.715. The summed E-state index contributed by atoms with van der Waals surface area (Å²) in [6.07, 6.45) is 9.12. The van der Waals surface area contributed by atoms with Crippen LogP contribution < -0.4 is 0 Å². The largest absolute Gasteiger partial charge is 0.302 e. The van der Waals surface area contributed by atoms with Crippen LogP contribution in [0, 0.1) is 5.92 Å². The number of fused-ring (bicyclic) bond motifs is 1. The molecule has 0 saturated carbocycles. The summed E-state index contributed by atoms with van der Waals surface area (Å²) < 4.78 is 0. The topological polar surface area (TPSA) is 3.24 Å². The van der Waals surface area contributed by atoms with Gasteiger partial charge in [0.15, 0.2) is 0 Å². The second-order valence-corrected chi connectivity index (χ2v) is 5.80. The third kappa shape index (κ3) is 2.37. The quantitative estimate of drug-likeness (QED) is 0.714. The zero-order chi connectivity index (χ0) is 12.4. The van der Waals surface area contributed by atoms with Gasteiger partial charge in [0.1, 0.15) is 0 Å². The summed E-state index contributed by atoms with van der Waals surface area (Å²) in [5.74, 6) is 0.817. The monoisotopic (exact) mass is 241 g/mol. The lowest BCUT2D eigenvalue weighted by Crippen LogP contribution is -2.45. The number of hydrogen-bond acceptors (Lipinski definition) is 1. The molecule has 1 nitrogen and oxygen atoms in total. The van der Waals surface area contributed by atoms with Gasteiger partial charge in [-0.15, -0.1) is 0 Å². The number of likely N-dealkylation sites (N-methyl/N-ethyl adjacent to an activating group) is 1. The number of hydrogen-bond donors (Lipinski definition) is 0. The van der Waals surface area contributed by atoms with E-state index < -0.39 is 0 Å². The average molecular weight is 241 g/mol. The highest BCUT2D eigenvalue weighted by Gasteiger charge is 2.33. The van der Waals surface area contributed by atoms with E-state index in [4.69, 9.17) is 0 Å². The smallest absolute Gasteiger partial charge is 0.0198 e. The van der Waals surface area contributed by atoms with Crippen molar-refractivity contribution < 1.29 is 0 Å². The van der Waals surface area contributed by atoms with E-state index in [-0.39, 0.29) is 0 Å². The molecule has 2 aliphatic rings. The number of benzene rings is 1. The Kier molecular flexibility index (Phi) is 3.51. The van der Waals surface area contributed by atoms with Gasteiger partial charge in [-0.25, -0.2) is 0 Å². The highest BCUT2D eigenvalue weighted by atomic mass is 15.1. The normalized spacial score (nSPS) is 28.6. The molecule has 0 unspecified atom stereocenters. The van der Waals surface area contributed by atoms with Crippen molar-refractivity contribution in [3.05, 3.63) is 47.5 Å². The molecule has 0 spiro atoms. The van der Waals surface area contributed by atoms with Gasteiger partial charge in [0, 0.05) is 12.6 Å². The van der Waals surface area contributed by atoms with Crippen molar-refractivity contribution in [1.82, 2.24) is 4.90 Å². The second-order valence-electron chi connectivity index (χ2n) is 5.80. The van der Waals surface area contributed by atoms with E-state index in [2.05, 4.69) is 48.4 Å². The molecule has 1 aromatic carbocycles. The average Bonchev–Trinajstić information content (AvgIpc) is 2.43. The van der Waals surface area contributed by atoms with E-state index in [0.717, 1.165) is 5.92 Å². The number of piperidine rings is 1. The van der Waals surface area contributed by atoms with Crippen molar-refractivity contribution in [3.8, 4) is 0 Å². The fraction of sp³-hybridized carbons (Fsp3) is 0.529. The van der Waals surface area contributed by atoms with Gasteiger partial charge in [-0.3, -0.25) is 0 Å². The maximum Gasteiger partial charge on any atom is 0.0198 e. The molecular formula is C17H23N. The zero-order valence-corrected chi connectivity index (χ0v) is 11.3. The molecule has 1 fully saturated rings. The van der Waals surface area contributed by atoms with Gasteiger partial charge >= 0.3 is 0 Å². The Morgan fingerprint density at radius 1 is 1.22 bits per heavy atom. The third-order valence-corrected chi connectivity index (χ3v) is 4.67. The summed E-state index contributed by atoms with van der Waals surface area (Å²) in [5, 5.41) is 0. The Labute approximate surface area is 111 Å². The van der Waals surface area contributed by atoms with Gasteiger partial charge in [0.25, 0.3) is 0 Å². The van der Waals surface area contributed by atoms with Crippen molar-refractivity contribution in [1.29, 1.82) is 0 Å². The van der Waals surface area contributed by atoms with Crippen LogP contribution in [0.25, 0.3) is 0 Å². The van der Waals surface area contributed by atoms with Gasteiger partial charge < -0.3 is 4.90 Å². The molecule has 0 N–H and O–H groups in total. The molecule has 1 saturated heterocycles. The first-order valence-corrected chi connectivity index (χ1v) is 7.27. The lowest BCUT2D eigenvalue weighted by atomic mass is 9.76. The third-order valence-electron chi connectivity index (χ3n) is 4.67. The highest BCUT2D eigenvalue weighted by molar-refractivity contribution is 5.21. The molecule has 2 atom stereocenters. The highest BCUT2D eigenvalue weighted by Crippen LogP contribution is 2.36. The molecule has 0 amide bonds. The molecule has 96 valence electrons. The van der Waals surface area contributed by atoms with Crippen molar-refractivity contribution in [2.24, 2.45) is 5.92 Å². The van der Waals surface area contributed by atoms with E-state index in [1.54, 1.807) is 5.57 Å². The van der Waals surface area contributed by atoms with Gasteiger partial charge in [0.2, 0.25) is 0 Å². The Morgan fingerprint density at radius 2 is 2.06 bits per heavy atom. The maximum absolute atomic E-state index is 2.58. The molecule has 3 rings (SSSR count). The van der Waals surface area contributed by atoms with Crippen LogP contribution in [0.4, 0.5) is 0 Å². The number of allylic oxidation sites excluding steroid dienone is 1.